The van der Waals surface area contributed by atoms with Crippen LogP contribution in [0.25, 0.3) is 0 Å². The summed E-state index contributed by atoms with van der Waals surface area (Å²) in [6, 6.07) is 11.4. The van der Waals surface area contributed by atoms with Gasteiger partial charge in [0.05, 0.1) is 16.0 Å². The molecule has 4 rings (SSSR count). The molecule has 3 aromatic rings. The number of carbonyl (C=O) groups excluding carboxylic acids is 1. The molecule has 30 heavy (non-hydrogen) atoms. The number of nitro groups is 1. The molecular weight excluding hydrogens is 434 g/mol. The number of rotatable bonds is 5. The van der Waals surface area contributed by atoms with Crippen molar-refractivity contribution in [3.05, 3.63) is 64.8 Å². The van der Waals surface area contributed by atoms with Crippen molar-refractivity contribution in [1.29, 1.82) is 0 Å². The smallest absolute Gasteiger partial charge is 0.270 e. The minimum absolute atomic E-state index is 0.00216. The van der Waals surface area contributed by atoms with Gasteiger partial charge in [-0.3, -0.25) is 20.2 Å². The summed E-state index contributed by atoms with van der Waals surface area (Å²) in [6.07, 6.45) is 0.198. The first-order valence-electron chi connectivity index (χ1n) is 8.49. The zero-order chi connectivity index (χ0) is 21.3. The maximum Gasteiger partial charge on any atom is 0.270 e. The third-order valence-electron chi connectivity index (χ3n) is 4.14. The minimum atomic E-state index is -3.94. The van der Waals surface area contributed by atoms with Crippen LogP contribution in [0.1, 0.15) is 0 Å². The number of anilines is 1. The van der Waals surface area contributed by atoms with E-state index in [0.29, 0.717) is 11.5 Å². The Morgan fingerprint density at radius 2 is 1.87 bits per heavy atom. The number of fused-ring (bicyclic) bond motifs is 1. The lowest BCUT2D eigenvalue weighted by atomic mass is 10.2. The predicted molar refractivity (Wildman–Crippen MR) is 106 cm³/mol. The van der Waals surface area contributed by atoms with Crippen LogP contribution in [0.15, 0.2) is 63.8 Å². The molecule has 154 valence electrons. The summed E-state index contributed by atoms with van der Waals surface area (Å²) in [5, 5.41) is 13.3. The molecule has 1 aliphatic rings. The molecule has 2 aromatic carbocycles. The largest absolute Gasteiger partial charge is 0.485 e. The highest BCUT2D eigenvalue weighted by atomic mass is 32.2. The van der Waals surface area contributed by atoms with E-state index in [1.165, 1.54) is 0 Å². The van der Waals surface area contributed by atoms with Crippen LogP contribution in [0.2, 0.25) is 0 Å². The molecule has 1 aliphatic heterocycles. The van der Waals surface area contributed by atoms with Crippen LogP contribution in [0.3, 0.4) is 0 Å². The molecule has 10 nitrogen and oxygen atoms in total. The molecular formula is C18H13N3O7S2. The van der Waals surface area contributed by atoms with Crippen LogP contribution in [0, 0.1) is 10.1 Å². The van der Waals surface area contributed by atoms with E-state index in [-0.39, 0.29) is 26.5 Å². The van der Waals surface area contributed by atoms with Crippen molar-refractivity contribution >= 4 is 37.9 Å². The van der Waals surface area contributed by atoms with E-state index in [2.05, 4.69) is 10.3 Å². The number of sulfone groups is 1. The fourth-order valence-electron chi connectivity index (χ4n) is 2.64. The Hall–Kier alpha value is -3.51. The summed E-state index contributed by atoms with van der Waals surface area (Å²) in [6.45, 7) is 0.00216. The average Bonchev–Trinajstić information content (AvgIpc) is 3.22. The van der Waals surface area contributed by atoms with E-state index in [1.54, 1.807) is 24.3 Å². The fraction of sp³-hybridized carbons (Fsp3) is 0.111. The highest BCUT2D eigenvalue weighted by Crippen LogP contribution is 2.32. The molecule has 1 atom stereocenters. The second-order valence-corrected chi connectivity index (χ2v) is 9.30. The third-order valence-corrected chi connectivity index (χ3v) is 7.28. The summed E-state index contributed by atoms with van der Waals surface area (Å²) in [7, 11) is -3.94. The van der Waals surface area contributed by atoms with Gasteiger partial charge in [-0.05, 0) is 24.3 Å². The number of hydrogen-bond donors (Lipinski definition) is 1. The lowest BCUT2D eigenvalue weighted by Crippen LogP contribution is -2.40. The van der Waals surface area contributed by atoms with Crippen LogP contribution >= 0.6 is 11.3 Å². The van der Waals surface area contributed by atoms with Crippen molar-refractivity contribution in [1.82, 2.24) is 4.98 Å². The van der Waals surface area contributed by atoms with Crippen molar-refractivity contribution < 1.29 is 27.6 Å². The van der Waals surface area contributed by atoms with Gasteiger partial charge >= 0.3 is 0 Å². The molecule has 0 fully saturated rings. The highest BCUT2D eigenvalue weighted by Gasteiger charge is 2.29. The molecule has 2 heterocycles. The summed E-state index contributed by atoms with van der Waals surface area (Å²) in [5.74, 6) is 0.440. The zero-order valence-electron chi connectivity index (χ0n) is 15.0. The lowest BCUT2D eigenvalue weighted by Gasteiger charge is -2.25. The van der Waals surface area contributed by atoms with E-state index in [0.717, 1.165) is 41.8 Å². The van der Waals surface area contributed by atoms with Crippen LogP contribution in [0.5, 0.6) is 11.5 Å². The molecule has 0 aliphatic carbocycles. The number of nitro benzene ring substituents is 1. The quantitative estimate of drug-likeness (QED) is 0.465. The number of carbonyl (C=O) groups is 1. The normalized spacial score (nSPS) is 15.4. The Labute approximate surface area is 174 Å². The summed E-state index contributed by atoms with van der Waals surface area (Å²) >= 11 is 0.762. The predicted octanol–water partition coefficient (Wildman–Crippen LogP) is 2.66. The number of hydrogen-bond acceptors (Lipinski definition) is 9. The second-order valence-electron chi connectivity index (χ2n) is 6.09. The third kappa shape index (κ3) is 3.82. The van der Waals surface area contributed by atoms with Crippen LogP contribution in [-0.4, -0.2) is 36.9 Å². The molecule has 1 aromatic heterocycles. The van der Waals surface area contributed by atoms with Gasteiger partial charge in [-0.15, -0.1) is 0 Å². The monoisotopic (exact) mass is 447 g/mol. The van der Waals surface area contributed by atoms with Crippen LogP contribution in [-0.2, 0) is 14.6 Å². The van der Waals surface area contributed by atoms with Crippen LogP contribution < -0.4 is 14.8 Å². The highest BCUT2D eigenvalue weighted by molar-refractivity contribution is 7.93. The number of non-ortho nitro benzene ring substituents is 1. The van der Waals surface area contributed by atoms with Gasteiger partial charge in [-0.1, -0.05) is 23.5 Å². The van der Waals surface area contributed by atoms with Gasteiger partial charge < -0.3 is 9.47 Å². The van der Waals surface area contributed by atoms with Crippen molar-refractivity contribution in [3.8, 4) is 11.5 Å². The van der Waals surface area contributed by atoms with Gasteiger partial charge in [0.1, 0.15) is 10.8 Å². The average molecular weight is 447 g/mol. The summed E-state index contributed by atoms with van der Waals surface area (Å²) < 4.78 is 36.4. The van der Waals surface area contributed by atoms with Gasteiger partial charge in [0.2, 0.25) is 15.9 Å². The number of para-hydroxylation sites is 2. The maximum atomic E-state index is 12.7. The first-order valence-corrected chi connectivity index (χ1v) is 10.8. The topological polar surface area (TPSA) is 138 Å². The van der Waals surface area contributed by atoms with Gasteiger partial charge in [-0.25, -0.2) is 13.4 Å². The van der Waals surface area contributed by atoms with Crippen molar-refractivity contribution in [2.75, 3.05) is 11.9 Å². The second kappa shape index (κ2) is 7.72. The Balaban J connectivity index is 1.47. The van der Waals surface area contributed by atoms with E-state index in [9.17, 15) is 23.3 Å². The summed E-state index contributed by atoms with van der Waals surface area (Å²) in [5.41, 5.74) is -0.220. The van der Waals surface area contributed by atoms with E-state index in [1.807, 2.05) is 0 Å². The lowest BCUT2D eigenvalue weighted by molar-refractivity contribution is -0.384. The Morgan fingerprint density at radius 1 is 1.17 bits per heavy atom. The van der Waals surface area contributed by atoms with E-state index < -0.39 is 26.8 Å². The first kappa shape index (κ1) is 19.8. The minimum Gasteiger partial charge on any atom is -0.485 e. The molecule has 12 heteroatoms. The van der Waals surface area contributed by atoms with Gasteiger partial charge in [0.15, 0.2) is 16.6 Å². The number of thiazole rings is 1. The standard InChI is InChI=1S/C18H13N3O7S2/c22-17(15-10-27-13-3-1-2-4-14(13)28-15)20-18-19-9-16(29-18)30(25,26)12-7-5-11(6-8-12)21(23)24/h1-9,15H,10H2,(H,19,20,22). The van der Waals surface area contributed by atoms with Gasteiger partial charge in [-0.2, -0.15) is 0 Å². The molecule has 1 N–H and O–H groups in total. The SMILES string of the molecule is O=C(Nc1ncc(S(=O)(=O)c2ccc([N+](=O)[O-])cc2)s1)C1COc2ccccc2O1. The fourth-order valence-corrected chi connectivity index (χ4v) is 5.07. The van der Waals surface area contributed by atoms with Crippen LogP contribution in [0.4, 0.5) is 10.8 Å². The van der Waals surface area contributed by atoms with Gasteiger partial charge in [0.25, 0.3) is 11.6 Å². The van der Waals surface area contributed by atoms with Crippen molar-refractivity contribution in [2.24, 2.45) is 0 Å². The molecule has 1 amide bonds. The zero-order valence-corrected chi connectivity index (χ0v) is 16.7. The van der Waals surface area contributed by atoms with E-state index in [4.69, 9.17) is 9.47 Å². The van der Waals surface area contributed by atoms with Crippen molar-refractivity contribution in [2.45, 2.75) is 15.2 Å². The Bertz CT molecular complexity index is 1220. The number of aromatic nitrogens is 1. The summed E-state index contributed by atoms with van der Waals surface area (Å²) in [4.78, 5) is 26.4. The number of nitrogens with one attached hydrogen (secondary N) is 1. The Kier molecular flexibility index (Phi) is 5.10. The molecule has 0 saturated heterocycles. The number of benzene rings is 2. The number of ether oxygens (including phenoxy) is 2. The number of nitrogens with zero attached hydrogens (tertiary/aromatic N) is 2. The molecule has 1 unspecified atom stereocenters. The van der Waals surface area contributed by atoms with E-state index >= 15 is 0 Å². The number of amides is 1. The molecule has 0 radical (unpaired) electrons. The molecule has 0 bridgehead atoms. The Morgan fingerprint density at radius 3 is 2.57 bits per heavy atom. The molecule has 0 spiro atoms. The van der Waals surface area contributed by atoms with Crippen molar-refractivity contribution in [3.63, 3.8) is 0 Å². The maximum absolute atomic E-state index is 12.7. The first-order chi connectivity index (χ1) is 14.3. The van der Waals surface area contributed by atoms with Gasteiger partial charge in [0, 0.05) is 12.1 Å². The molecule has 0 saturated carbocycles.